The van der Waals surface area contributed by atoms with Gasteiger partial charge in [0, 0.05) is 29.7 Å². The van der Waals surface area contributed by atoms with E-state index in [1.165, 1.54) is 4.90 Å². The first-order chi connectivity index (χ1) is 16.0. The van der Waals surface area contributed by atoms with Gasteiger partial charge in [0.25, 0.3) is 11.7 Å². The number of ether oxygens (including phenoxy) is 2. The Morgan fingerprint density at radius 2 is 1.82 bits per heavy atom. The number of methoxy groups -OCH3 is 1. The Bertz CT molecular complexity index is 1240. The minimum absolute atomic E-state index is 0.0151. The summed E-state index contributed by atoms with van der Waals surface area (Å²) in [5.74, 6) is -0.511. The summed E-state index contributed by atoms with van der Waals surface area (Å²) in [5.41, 5.74) is 2.33. The second-order valence-electron chi connectivity index (χ2n) is 7.56. The van der Waals surface area contributed by atoms with Gasteiger partial charge in [0.05, 0.1) is 25.3 Å². The van der Waals surface area contributed by atoms with Gasteiger partial charge in [-0.1, -0.05) is 6.07 Å². The molecule has 4 rings (SSSR count). The van der Waals surface area contributed by atoms with Crippen molar-refractivity contribution in [1.82, 2.24) is 4.98 Å². The molecular weight excluding hydrogens is 420 g/mol. The van der Waals surface area contributed by atoms with Crippen LogP contribution < -0.4 is 14.4 Å². The SMILES string of the molecule is CCOc1cccc(N2C(=O)C(=O)/C(=C(\O)c3ccc(OC)cc3C)C2c2ccncc2)c1. The minimum atomic E-state index is -0.827. The van der Waals surface area contributed by atoms with Gasteiger partial charge in [-0.3, -0.25) is 19.5 Å². The quantitative estimate of drug-likeness (QED) is 0.344. The fraction of sp³-hybridized carbons (Fsp3) is 0.192. The van der Waals surface area contributed by atoms with E-state index in [2.05, 4.69) is 4.98 Å². The highest BCUT2D eigenvalue weighted by molar-refractivity contribution is 6.51. The molecule has 2 heterocycles. The predicted molar refractivity (Wildman–Crippen MR) is 124 cm³/mol. The maximum absolute atomic E-state index is 13.3. The van der Waals surface area contributed by atoms with Crippen LogP contribution in [0.4, 0.5) is 5.69 Å². The summed E-state index contributed by atoms with van der Waals surface area (Å²) in [7, 11) is 1.56. The molecule has 0 aliphatic carbocycles. The van der Waals surface area contributed by atoms with Gasteiger partial charge >= 0.3 is 0 Å². The Hall–Kier alpha value is -4.13. The van der Waals surface area contributed by atoms with E-state index >= 15 is 0 Å². The molecule has 1 N–H and O–H groups in total. The maximum atomic E-state index is 13.3. The first-order valence-corrected chi connectivity index (χ1v) is 10.5. The molecule has 3 aromatic rings. The number of ketones is 1. The standard InChI is InChI=1S/C26H24N2O5/c1-4-33-20-7-5-6-18(15-20)28-23(17-10-12-27-13-11-17)22(25(30)26(28)31)24(29)21-9-8-19(32-3)14-16(21)2/h5-15,23,29H,4H2,1-3H3/b24-22-. The molecule has 7 nitrogen and oxygen atoms in total. The third kappa shape index (κ3) is 4.05. The van der Waals surface area contributed by atoms with Crippen molar-refractivity contribution in [3.63, 3.8) is 0 Å². The number of amides is 1. The monoisotopic (exact) mass is 444 g/mol. The van der Waals surface area contributed by atoms with E-state index in [0.29, 0.717) is 40.5 Å². The predicted octanol–water partition coefficient (Wildman–Crippen LogP) is 4.42. The molecule has 2 aromatic carbocycles. The lowest BCUT2D eigenvalue weighted by Gasteiger charge is -2.25. The molecule has 1 aliphatic heterocycles. The summed E-state index contributed by atoms with van der Waals surface area (Å²) in [6.07, 6.45) is 3.18. The summed E-state index contributed by atoms with van der Waals surface area (Å²) in [6, 6.07) is 14.8. The molecule has 0 radical (unpaired) electrons. The van der Waals surface area contributed by atoms with E-state index in [4.69, 9.17) is 9.47 Å². The number of carbonyl (C=O) groups excluding carboxylic acids is 2. The van der Waals surface area contributed by atoms with Gasteiger partial charge in [-0.05, 0) is 67.4 Å². The van der Waals surface area contributed by atoms with Crippen molar-refractivity contribution in [1.29, 1.82) is 0 Å². The van der Waals surface area contributed by atoms with Gasteiger partial charge in [0.2, 0.25) is 0 Å². The third-order valence-corrected chi connectivity index (χ3v) is 5.56. The molecule has 1 aromatic heterocycles. The van der Waals surface area contributed by atoms with Crippen LogP contribution in [-0.2, 0) is 9.59 Å². The molecule has 0 bridgehead atoms. The largest absolute Gasteiger partial charge is 0.507 e. The number of anilines is 1. The number of rotatable bonds is 6. The smallest absolute Gasteiger partial charge is 0.300 e. The molecular formula is C26H24N2O5. The summed E-state index contributed by atoms with van der Waals surface area (Å²) in [6.45, 7) is 4.14. The molecule has 1 unspecified atom stereocenters. The maximum Gasteiger partial charge on any atom is 0.300 e. The lowest BCUT2D eigenvalue weighted by molar-refractivity contribution is -0.132. The Balaban J connectivity index is 1.92. The molecule has 1 saturated heterocycles. The van der Waals surface area contributed by atoms with Gasteiger partial charge in [-0.25, -0.2) is 0 Å². The number of aromatic nitrogens is 1. The minimum Gasteiger partial charge on any atom is -0.507 e. The molecule has 33 heavy (non-hydrogen) atoms. The van der Waals surface area contributed by atoms with E-state index < -0.39 is 17.7 Å². The molecule has 7 heteroatoms. The average Bonchev–Trinajstić information content (AvgIpc) is 3.10. The van der Waals surface area contributed by atoms with E-state index in [1.807, 2.05) is 6.92 Å². The molecule has 168 valence electrons. The Kier molecular flexibility index (Phi) is 6.13. The zero-order valence-electron chi connectivity index (χ0n) is 18.6. The van der Waals surface area contributed by atoms with Gasteiger partial charge in [0.1, 0.15) is 17.3 Å². The van der Waals surface area contributed by atoms with Crippen LogP contribution in [0.2, 0.25) is 0 Å². The number of aryl methyl sites for hydroxylation is 1. The van der Waals surface area contributed by atoms with Crippen LogP contribution in [0.25, 0.3) is 5.76 Å². The van der Waals surface area contributed by atoms with Crippen LogP contribution in [0.5, 0.6) is 11.5 Å². The molecule has 1 atom stereocenters. The molecule has 0 spiro atoms. The van der Waals surface area contributed by atoms with Crippen LogP contribution in [0, 0.1) is 6.92 Å². The van der Waals surface area contributed by atoms with Gasteiger partial charge < -0.3 is 14.6 Å². The van der Waals surface area contributed by atoms with Crippen molar-refractivity contribution in [2.45, 2.75) is 19.9 Å². The Morgan fingerprint density at radius 3 is 2.48 bits per heavy atom. The number of pyridine rings is 1. The first kappa shape index (κ1) is 22.1. The zero-order chi connectivity index (χ0) is 23.5. The van der Waals surface area contributed by atoms with Crippen molar-refractivity contribution in [3.8, 4) is 11.5 Å². The molecule has 0 saturated carbocycles. The van der Waals surface area contributed by atoms with Crippen LogP contribution in [-0.4, -0.2) is 35.5 Å². The second kappa shape index (κ2) is 9.16. The Morgan fingerprint density at radius 1 is 1.06 bits per heavy atom. The highest BCUT2D eigenvalue weighted by Gasteiger charge is 2.47. The van der Waals surface area contributed by atoms with Crippen molar-refractivity contribution < 1.29 is 24.2 Å². The van der Waals surface area contributed by atoms with Crippen molar-refractivity contribution in [2.75, 3.05) is 18.6 Å². The highest BCUT2D eigenvalue weighted by Crippen LogP contribution is 2.43. The van der Waals surface area contributed by atoms with Crippen LogP contribution in [0.15, 0.2) is 72.6 Å². The lowest BCUT2D eigenvalue weighted by atomic mass is 9.94. The van der Waals surface area contributed by atoms with Crippen molar-refractivity contribution in [2.24, 2.45) is 0 Å². The molecule has 1 aliphatic rings. The molecule has 1 amide bonds. The van der Waals surface area contributed by atoms with Gasteiger partial charge in [-0.2, -0.15) is 0 Å². The third-order valence-electron chi connectivity index (χ3n) is 5.56. The van der Waals surface area contributed by atoms with E-state index in [0.717, 1.165) is 0 Å². The van der Waals surface area contributed by atoms with E-state index in [-0.39, 0.29) is 11.3 Å². The average molecular weight is 444 g/mol. The summed E-state index contributed by atoms with van der Waals surface area (Å²) < 4.78 is 10.8. The van der Waals surface area contributed by atoms with Crippen LogP contribution >= 0.6 is 0 Å². The number of carbonyl (C=O) groups is 2. The van der Waals surface area contributed by atoms with E-state index in [9.17, 15) is 14.7 Å². The number of benzene rings is 2. The Labute approximate surface area is 191 Å². The number of aliphatic hydroxyl groups excluding tert-OH is 1. The zero-order valence-corrected chi connectivity index (χ0v) is 18.6. The first-order valence-electron chi connectivity index (χ1n) is 10.5. The lowest BCUT2D eigenvalue weighted by Crippen LogP contribution is -2.29. The summed E-state index contributed by atoms with van der Waals surface area (Å²) in [5, 5.41) is 11.3. The van der Waals surface area contributed by atoms with Gasteiger partial charge in [0.15, 0.2) is 0 Å². The summed E-state index contributed by atoms with van der Waals surface area (Å²) in [4.78, 5) is 31.9. The highest BCUT2D eigenvalue weighted by atomic mass is 16.5. The van der Waals surface area contributed by atoms with Gasteiger partial charge in [-0.15, -0.1) is 0 Å². The number of nitrogens with zero attached hydrogens (tertiary/aromatic N) is 2. The normalized spacial score (nSPS) is 17.3. The topological polar surface area (TPSA) is 89.0 Å². The number of hydrogen-bond acceptors (Lipinski definition) is 6. The fourth-order valence-corrected chi connectivity index (χ4v) is 4.02. The van der Waals surface area contributed by atoms with Crippen LogP contribution in [0.1, 0.15) is 29.7 Å². The summed E-state index contributed by atoms with van der Waals surface area (Å²) >= 11 is 0. The number of Topliss-reactive ketones (excluding diaryl/α,β-unsaturated/α-hetero) is 1. The number of hydrogen-bond donors (Lipinski definition) is 1. The van der Waals surface area contributed by atoms with E-state index in [1.54, 1.807) is 81.0 Å². The fourth-order valence-electron chi connectivity index (χ4n) is 4.02. The molecule has 1 fully saturated rings. The second-order valence-corrected chi connectivity index (χ2v) is 7.56. The van der Waals surface area contributed by atoms with Crippen molar-refractivity contribution >= 4 is 23.1 Å². The van der Waals surface area contributed by atoms with Crippen LogP contribution in [0.3, 0.4) is 0 Å². The van der Waals surface area contributed by atoms with Crippen molar-refractivity contribution in [3.05, 3.63) is 89.3 Å². The number of aliphatic hydroxyl groups is 1.